The lowest BCUT2D eigenvalue weighted by atomic mass is 9.78. The van der Waals surface area contributed by atoms with Crippen LogP contribution in [0.15, 0.2) is 42.5 Å². The van der Waals surface area contributed by atoms with Gasteiger partial charge in [-0.2, -0.15) is 0 Å². The molecule has 2 heterocycles. The predicted molar refractivity (Wildman–Crippen MR) is 73.9 cm³/mol. The third-order valence-corrected chi connectivity index (χ3v) is 3.70. The van der Waals surface area contributed by atoms with Gasteiger partial charge < -0.3 is 10.1 Å². The Labute approximate surface area is 113 Å². The van der Waals surface area contributed by atoms with E-state index in [4.69, 9.17) is 4.74 Å². The van der Waals surface area contributed by atoms with Gasteiger partial charge >= 0.3 is 0 Å². The minimum Gasteiger partial charge on any atom is -0.380 e. The van der Waals surface area contributed by atoms with Crippen molar-refractivity contribution in [2.45, 2.75) is 0 Å². The molecular weight excluding hydrogens is 240 g/mol. The summed E-state index contributed by atoms with van der Waals surface area (Å²) in [5.74, 6) is -0.1000. The first kappa shape index (κ1) is 12.4. The fraction of sp³-hybridized carbons (Fsp3) is 0.400. The van der Waals surface area contributed by atoms with Crippen molar-refractivity contribution in [3.05, 3.63) is 42.5 Å². The predicted octanol–water partition coefficient (Wildman–Crippen LogP) is 1.51. The van der Waals surface area contributed by atoms with Crippen LogP contribution in [0.5, 0.6) is 0 Å². The molecule has 4 heteroatoms. The van der Waals surface area contributed by atoms with Gasteiger partial charge in [0.2, 0.25) is 0 Å². The number of hydrogen-bond donors (Lipinski definition) is 1. The van der Waals surface area contributed by atoms with Gasteiger partial charge in [0.25, 0.3) is 5.91 Å². The average Bonchev–Trinajstić information content (AvgIpc) is 2.31. The number of likely N-dealkylation sites (tertiary alicyclic amines) is 1. The van der Waals surface area contributed by atoms with E-state index in [9.17, 15) is 4.79 Å². The van der Waals surface area contributed by atoms with E-state index in [2.05, 4.69) is 16.8 Å². The summed E-state index contributed by atoms with van der Waals surface area (Å²) in [5.41, 5.74) is 1.80. The minimum atomic E-state index is -0.1000. The number of hydrogen-bond acceptors (Lipinski definition) is 3. The third kappa shape index (κ3) is 2.55. The first-order chi connectivity index (χ1) is 9.17. The Hall–Kier alpha value is -1.65. The van der Waals surface area contributed by atoms with Crippen molar-refractivity contribution in [1.29, 1.82) is 0 Å². The summed E-state index contributed by atoms with van der Waals surface area (Å²) in [6.45, 7) is 8.29. The Kier molecular flexibility index (Phi) is 3.12. The molecule has 100 valence electrons. The normalized spacial score (nSPS) is 20.4. The Bertz CT molecular complexity index is 486. The summed E-state index contributed by atoms with van der Waals surface area (Å²) in [5, 5.41) is 2.85. The van der Waals surface area contributed by atoms with Crippen molar-refractivity contribution in [2.75, 3.05) is 38.2 Å². The molecule has 0 aromatic heterocycles. The van der Waals surface area contributed by atoms with Crippen molar-refractivity contribution in [3.63, 3.8) is 0 Å². The number of benzene rings is 1. The highest BCUT2D eigenvalue weighted by atomic mass is 16.5. The monoisotopic (exact) mass is 258 g/mol. The van der Waals surface area contributed by atoms with Crippen LogP contribution in [0.25, 0.3) is 0 Å². The lowest BCUT2D eigenvalue weighted by molar-refractivity contribution is -0.186. The number of anilines is 1. The number of ether oxygens (including phenoxy) is 1. The van der Waals surface area contributed by atoms with Gasteiger partial charge in [-0.25, -0.2) is 0 Å². The molecule has 3 rings (SSSR count). The summed E-state index contributed by atoms with van der Waals surface area (Å²) in [7, 11) is 0. The molecule has 2 aliphatic rings. The van der Waals surface area contributed by atoms with Crippen LogP contribution in [0.2, 0.25) is 0 Å². The molecule has 4 nitrogen and oxygen atoms in total. The van der Waals surface area contributed by atoms with Crippen molar-refractivity contribution in [2.24, 2.45) is 5.41 Å². The number of carbonyl (C=O) groups is 1. The second kappa shape index (κ2) is 4.79. The first-order valence-electron chi connectivity index (χ1n) is 6.51. The van der Waals surface area contributed by atoms with Gasteiger partial charge in [0.15, 0.2) is 0 Å². The molecule has 1 aromatic carbocycles. The van der Waals surface area contributed by atoms with Crippen LogP contribution in [0.3, 0.4) is 0 Å². The van der Waals surface area contributed by atoms with Crippen molar-refractivity contribution in [3.8, 4) is 0 Å². The molecule has 1 spiro atoms. The quantitative estimate of drug-likeness (QED) is 0.832. The lowest BCUT2D eigenvalue weighted by Crippen LogP contribution is -2.66. The van der Waals surface area contributed by atoms with Crippen LogP contribution in [0.4, 0.5) is 5.69 Å². The van der Waals surface area contributed by atoms with E-state index in [1.807, 2.05) is 30.3 Å². The summed E-state index contributed by atoms with van der Waals surface area (Å²) in [4.78, 5) is 14.2. The second-order valence-corrected chi connectivity index (χ2v) is 5.56. The SMILES string of the molecule is C=C(CN1CC2(COC2)C1)C(=O)Nc1ccccc1. The smallest absolute Gasteiger partial charge is 0.252 e. The van der Waals surface area contributed by atoms with E-state index in [1.54, 1.807) is 0 Å². The van der Waals surface area contributed by atoms with Crippen LogP contribution in [-0.2, 0) is 9.53 Å². The molecule has 0 bridgehead atoms. The van der Waals surface area contributed by atoms with Crippen LogP contribution in [0.1, 0.15) is 0 Å². The molecule has 0 radical (unpaired) electrons. The number of carbonyl (C=O) groups excluding carboxylic acids is 1. The maximum atomic E-state index is 12.0. The molecule has 2 saturated heterocycles. The molecule has 1 amide bonds. The van der Waals surface area contributed by atoms with E-state index in [0.29, 0.717) is 17.5 Å². The van der Waals surface area contributed by atoms with E-state index in [0.717, 1.165) is 32.0 Å². The maximum Gasteiger partial charge on any atom is 0.252 e. The molecule has 19 heavy (non-hydrogen) atoms. The fourth-order valence-corrected chi connectivity index (χ4v) is 2.67. The highest BCUT2D eigenvalue weighted by Gasteiger charge is 2.48. The molecule has 0 aliphatic carbocycles. The van der Waals surface area contributed by atoms with Crippen LogP contribution in [0, 0.1) is 5.41 Å². The Morgan fingerprint density at radius 2 is 2.00 bits per heavy atom. The standard InChI is InChI=1S/C15H18N2O2/c1-12(7-17-8-15(9-17)10-19-11-15)14(18)16-13-5-3-2-4-6-13/h2-6H,1,7-11H2,(H,16,18). The molecule has 0 unspecified atom stereocenters. The van der Waals surface area contributed by atoms with Crippen molar-refractivity contribution >= 4 is 11.6 Å². The zero-order valence-corrected chi connectivity index (χ0v) is 10.9. The van der Waals surface area contributed by atoms with Gasteiger partial charge in [0, 0.05) is 36.3 Å². The van der Waals surface area contributed by atoms with Gasteiger partial charge in [-0.1, -0.05) is 24.8 Å². The summed E-state index contributed by atoms with van der Waals surface area (Å²) in [6.07, 6.45) is 0. The summed E-state index contributed by atoms with van der Waals surface area (Å²) in [6, 6.07) is 9.46. The van der Waals surface area contributed by atoms with Crippen LogP contribution in [-0.4, -0.2) is 43.7 Å². The van der Waals surface area contributed by atoms with Gasteiger partial charge in [-0.05, 0) is 12.1 Å². The van der Waals surface area contributed by atoms with Crippen LogP contribution >= 0.6 is 0 Å². The van der Waals surface area contributed by atoms with E-state index in [-0.39, 0.29) is 5.91 Å². The largest absolute Gasteiger partial charge is 0.380 e. The molecule has 2 fully saturated rings. The zero-order chi connectivity index (χ0) is 13.3. The lowest BCUT2D eigenvalue weighted by Gasteiger charge is -2.55. The molecule has 1 N–H and O–H groups in total. The van der Waals surface area contributed by atoms with E-state index >= 15 is 0 Å². The number of amides is 1. The number of para-hydroxylation sites is 1. The van der Waals surface area contributed by atoms with Gasteiger partial charge in [-0.15, -0.1) is 0 Å². The molecule has 1 aromatic rings. The van der Waals surface area contributed by atoms with Gasteiger partial charge in [0.1, 0.15) is 0 Å². The molecule has 0 atom stereocenters. The second-order valence-electron chi connectivity index (χ2n) is 5.56. The minimum absolute atomic E-state index is 0.1000. The maximum absolute atomic E-state index is 12.0. The summed E-state index contributed by atoms with van der Waals surface area (Å²) < 4.78 is 5.23. The highest BCUT2D eigenvalue weighted by molar-refractivity contribution is 6.03. The van der Waals surface area contributed by atoms with Crippen molar-refractivity contribution < 1.29 is 9.53 Å². The van der Waals surface area contributed by atoms with E-state index < -0.39 is 0 Å². The highest BCUT2D eigenvalue weighted by Crippen LogP contribution is 2.37. The molecule has 0 saturated carbocycles. The topological polar surface area (TPSA) is 41.6 Å². The van der Waals surface area contributed by atoms with Gasteiger partial charge in [-0.3, -0.25) is 9.69 Å². The van der Waals surface area contributed by atoms with Gasteiger partial charge in [0.05, 0.1) is 13.2 Å². The molecular formula is C15H18N2O2. The average molecular weight is 258 g/mol. The third-order valence-electron chi connectivity index (χ3n) is 3.70. The zero-order valence-electron chi connectivity index (χ0n) is 10.9. The molecule has 2 aliphatic heterocycles. The number of rotatable bonds is 4. The first-order valence-corrected chi connectivity index (χ1v) is 6.51. The Morgan fingerprint density at radius 3 is 2.58 bits per heavy atom. The van der Waals surface area contributed by atoms with Crippen LogP contribution < -0.4 is 5.32 Å². The number of nitrogens with one attached hydrogen (secondary N) is 1. The van der Waals surface area contributed by atoms with Crippen molar-refractivity contribution in [1.82, 2.24) is 4.90 Å². The Morgan fingerprint density at radius 1 is 1.32 bits per heavy atom. The Balaban J connectivity index is 1.47. The summed E-state index contributed by atoms with van der Waals surface area (Å²) >= 11 is 0. The number of nitrogens with zero attached hydrogens (tertiary/aromatic N) is 1. The van der Waals surface area contributed by atoms with E-state index in [1.165, 1.54) is 0 Å². The fourth-order valence-electron chi connectivity index (χ4n) is 2.67.